The molecule has 4 rings (SSSR count). The monoisotopic (exact) mass is 415 g/mol. The number of carbonyl (C=O) groups is 1. The predicted octanol–water partition coefficient (Wildman–Crippen LogP) is 3.71. The summed E-state index contributed by atoms with van der Waals surface area (Å²) in [6.45, 7) is 6.54. The maximum absolute atomic E-state index is 12.8. The predicted molar refractivity (Wildman–Crippen MR) is 121 cm³/mol. The summed E-state index contributed by atoms with van der Waals surface area (Å²) in [4.78, 5) is 34.3. The third-order valence-corrected chi connectivity index (χ3v) is 5.18. The Morgan fingerprint density at radius 3 is 2.74 bits per heavy atom. The van der Waals surface area contributed by atoms with Crippen LogP contribution in [0.25, 0.3) is 10.9 Å². The zero-order valence-electron chi connectivity index (χ0n) is 17.9. The van der Waals surface area contributed by atoms with Crippen molar-refractivity contribution in [2.24, 2.45) is 0 Å². The summed E-state index contributed by atoms with van der Waals surface area (Å²) in [5, 5.41) is 3.40. The highest BCUT2D eigenvalue weighted by Gasteiger charge is 2.12. The van der Waals surface area contributed by atoms with E-state index in [1.165, 1.54) is 4.57 Å². The van der Waals surface area contributed by atoms with Gasteiger partial charge in [-0.2, -0.15) is 0 Å². The van der Waals surface area contributed by atoms with Crippen molar-refractivity contribution < 1.29 is 4.79 Å². The minimum atomic E-state index is -0.273. The van der Waals surface area contributed by atoms with Crippen LogP contribution < -0.4 is 10.9 Å². The van der Waals surface area contributed by atoms with Crippen LogP contribution >= 0.6 is 0 Å². The number of nitrogens with one attached hydrogen (secondary N) is 1. The Morgan fingerprint density at radius 1 is 1.13 bits per heavy atom. The number of imidazole rings is 1. The van der Waals surface area contributed by atoms with Gasteiger partial charge < -0.3 is 9.88 Å². The molecule has 0 radical (unpaired) electrons. The maximum Gasteiger partial charge on any atom is 0.261 e. The number of rotatable bonds is 6. The molecule has 2 aromatic heterocycles. The maximum atomic E-state index is 12.8. The van der Waals surface area contributed by atoms with Gasteiger partial charge in [0.05, 0.1) is 10.9 Å². The Balaban J connectivity index is 1.51. The van der Waals surface area contributed by atoms with Crippen molar-refractivity contribution >= 4 is 22.5 Å². The standard InChI is InChI=1S/C24H25N5O2/c1-16(2)23-25-11-12-28(23)14-18-7-6-8-19(13-18)27-22(30)15-29-17(3)26-21-10-5-4-9-20(21)24(29)31/h4-13,16H,14-15H2,1-3H3,(H,27,30). The van der Waals surface area contributed by atoms with E-state index in [9.17, 15) is 9.59 Å². The van der Waals surface area contributed by atoms with Crippen molar-refractivity contribution in [1.29, 1.82) is 0 Å². The summed E-state index contributed by atoms with van der Waals surface area (Å²) in [7, 11) is 0. The quantitative estimate of drug-likeness (QED) is 0.520. The van der Waals surface area contributed by atoms with Gasteiger partial charge in [0.2, 0.25) is 5.91 Å². The number of aromatic nitrogens is 4. The van der Waals surface area contributed by atoms with E-state index in [-0.39, 0.29) is 18.0 Å². The molecule has 31 heavy (non-hydrogen) atoms. The molecule has 4 aromatic rings. The number of fused-ring (bicyclic) bond motifs is 1. The number of hydrogen-bond acceptors (Lipinski definition) is 4. The third kappa shape index (κ3) is 4.40. The number of amides is 1. The lowest BCUT2D eigenvalue weighted by atomic mass is 10.1. The molecule has 0 aliphatic rings. The molecule has 0 unspecified atom stereocenters. The van der Waals surface area contributed by atoms with Gasteiger partial charge in [0.25, 0.3) is 5.56 Å². The lowest BCUT2D eigenvalue weighted by Gasteiger charge is -2.13. The molecule has 2 heterocycles. The Hall–Kier alpha value is -3.74. The van der Waals surface area contributed by atoms with E-state index >= 15 is 0 Å². The van der Waals surface area contributed by atoms with Crippen molar-refractivity contribution in [3.05, 3.63) is 88.5 Å². The van der Waals surface area contributed by atoms with Crippen LogP contribution in [-0.2, 0) is 17.9 Å². The fourth-order valence-corrected chi connectivity index (χ4v) is 3.71. The summed E-state index contributed by atoms with van der Waals surface area (Å²) in [6, 6.07) is 14.9. The molecule has 158 valence electrons. The van der Waals surface area contributed by atoms with Gasteiger partial charge in [-0.05, 0) is 36.8 Å². The Kier molecular flexibility index (Phi) is 5.66. The summed E-state index contributed by atoms with van der Waals surface area (Å²) in [6.07, 6.45) is 3.77. The van der Waals surface area contributed by atoms with E-state index in [0.717, 1.165) is 11.4 Å². The number of anilines is 1. The van der Waals surface area contributed by atoms with E-state index in [1.54, 1.807) is 31.3 Å². The average Bonchev–Trinajstić information content (AvgIpc) is 3.20. The molecular formula is C24H25N5O2. The molecule has 7 nitrogen and oxygen atoms in total. The molecule has 1 amide bonds. The summed E-state index contributed by atoms with van der Waals surface area (Å²) >= 11 is 0. The Labute approximate surface area is 180 Å². The lowest BCUT2D eigenvalue weighted by Crippen LogP contribution is -2.30. The summed E-state index contributed by atoms with van der Waals surface area (Å²) in [5.41, 5.74) is 2.16. The number of hydrogen-bond donors (Lipinski definition) is 1. The second kappa shape index (κ2) is 8.55. The van der Waals surface area contributed by atoms with Crippen molar-refractivity contribution in [1.82, 2.24) is 19.1 Å². The van der Waals surface area contributed by atoms with Gasteiger partial charge in [-0.3, -0.25) is 14.2 Å². The van der Waals surface area contributed by atoms with Crippen molar-refractivity contribution in [2.75, 3.05) is 5.32 Å². The van der Waals surface area contributed by atoms with Gasteiger partial charge in [-0.25, -0.2) is 9.97 Å². The van der Waals surface area contributed by atoms with E-state index < -0.39 is 0 Å². The van der Waals surface area contributed by atoms with E-state index in [1.807, 2.05) is 36.5 Å². The zero-order chi connectivity index (χ0) is 22.0. The first-order valence-corrected chi connectivity index (χ1v) is 10.3. The second-order valence-electron chi connectivity index (χ2n) is 7.88. The third-order valence-electron chi connectivity index (χ3n) is 5.18. The van der Waals surface area contributed by atoms with Crippen LogP contribution in [0, 0.1) is 6.92 Å². The Morgan fingerprint density at radius 2 is 1.94 bits per heavy atom. The number of aryl methyl sites for hydroxylation is 1. The lowest BCUT2D eigenvalue weighted by molar-refractivity contribution is -0.116. The van der Waals surface area contributed by atoms with E-state index in [4.69, 9.17) is 0 Å². The molecule has 7 heteroatoms. The van der Waals surface area contributed by atoms with Crippen LogP contribution in [0.15, 0.2) is 65.7 Å². The van der Waals surface area contributed by atoms with Gasteiger partial charge in [-0.1, -0.05) is 38.1 Å². The molecule has 0 aliphatic heterocycles. The van der Waals surface area contributed by atoms with E-state index in [0.29, 0.717) is 34.9 Å². The average molecular weight is 415 g/mol. The van der Waals surface area contributed by atoms with Gasteiger partial charge >= 0.3 is 0 Å². The summed E-state index contributed by atoms with van der Waals surface area (Å²) in [5.74, 6) is 1.59. The minimum Gasteiger partial charge on any atom is -0.330 e. The van der Waals surface area contributed by atoms with E-state index in [2.05, 4.69) is 33.7 Å². The van der Waals surface area contributed by atoms with Crippen molar-refractivity contribution in [3.8, 4) is 0 Å². The van der Waals surface area contributed by atoms with Gasteiger partial charge in [0, 0.05) is 30.5 Å². The second-order valence-corrected chi connectivity index (χ2v) is 7.88. The topological polar surface area (TPSA) is 81.8 Å². The molecule has 0 fully saturated rings. The zero-order valence-corrected chi connectivity index (χ0v) is 17.9. The fraction of sp³-hybridized carbons (Fsp3) is 0.250. The highest BCUT2D eigenvalue weighted by molar-refractivity contribution is 5.91. The highest BCUT2D eigenvalue weighted by Crippen LogP contribution is 2.16. The molecule has 0 atom stereocenters. The molecule has 0 saturated heterocycles. The molecule has 2 aromatic carbocycles. The molecule has 0 spiro atoms. The normalized spacial score (nSPS) is 11.2. The molecular weight excluding hydrogens is 390 g/mol. The molecule has 0 saturated carbocycles. The van der Waals surface area contributed by atoms with Crippen molar-refractivity contribution in [2.45, 2.75) is 39.8 Å². The van der Waals surface area contributed by atoms with Gasteiger partial charge in [0.1, 0.15) is 18.2 Å². The van der Waals surface area contributed by atoms with Crippen LogP contribution in [0.2, 0.25) is 0 Å². The van der Waals surface area contributed by atoms with Gasteiger partial charge in [-0.15, -0.1) is 0 Å². The van der Waals surface area contributed by atoms with Crippen molar-refractivity contribution in [3.63, 3.8) is 0 Å². The first-order valence-electron chi connectivity index (χ1n) is 10.3. The fourth-order valence-electron chi connectivity index (χ4n) is 3.71. The molecule has 1 N–H and O–H groups in total. The number of benzene rings is 2. The van der Waals surface area contributed by atoms with Gasteiger partial charge in [0.15, 0.2) is 0 Å². The first kappa shape index (κ1) is 20.5. The van der Waals surface area contributed by atoms with Crippen LogP contribution in [0.1, 0.15) is 37.0 Å². The first-order chi connectivity index (χ1) is 14.9. The Bertz CT molecular complexity index is 1300. The number of carbonyl (C=O) groups excluding carboxylic acids is 1. The minimum absolute atomic E-state index is 0.0915. The largest absolute Gasteiger partial charge is 0.330 e. The van der Waals surface area contributed by atoms with Crippen LogP contribution in [0.4, 0.5) is 5.69 Å². The molecule has 0 bridgehead atoms. The van der Waals surface area contributed by atoms with Crippen LogP contribution in [0.3, 0.4) is 0 Å². The van der Waals surface area contributed by atoms with Crippen LogP contribution in [-0.4, -0.2) is 25.0 Å². The van der Waals surface area contributed by atoms with Crippen LogP contribution in [0.5, 0.6) is 0 Å². The SMILES string of the molecule is Cc1nc2ccccc2c(=O)n1CC(=O)Nc1cccc(Cn2ccnc2C(C)C)c1. The smallest absolute Gasteiger partial charge is 0.261 e. The number of para-hydroxylation sites is 1. The summed E-state index contributed by atoms with van der Waals surface area (Å²) < 4.78 is 3.51. The number of nitrogens with zero attached hydrogens (tertiary/aromatic N) is 4. The molecule has 0 aliphatic carbocycles. The highest BCUT2D eigenvalue weighted by atomic mass is 16.2.